The first-order valence-electron chi connectivity index (χ1n) is 5.04. The van der Waals surface area contributed by atoms with Crippen LogP contribution in [0.5, 0.6) is 0 Å². The first kappa shape index (κ1) is 16.1. The van der Waals surface area contributed by atoms with E-state index in [2.05, 4.69) is 4.98 Å². The molecule has 2 nitrogen and oxygen atoms in total. The third-order valence-electron chi connectivity index (χ3n) is 2.34. The van der Waals surface area contributed by atoms with Crippen LogP contribution in [0.25, 0.3) is 0 Å². The van der Waals surface area contributed by atoms with E-state index in [0.717, 1.165) is 6.07 Å². The van der Waals surface area contributed by atoms with E-state index in [9.17, 15) is 22.0 Å². The first-order valence-corrected chi connectivity index (χ1v) is 6.17. The van der Waals surface area contributed by atoms with E-state index in [4.69, 9.17) is 34.8 Å². The Bertz CT molecular complexity index is 710. The van der Waals surface area contributed by atoms with Crippen LogP contribution in [0.2, 0.25) is 15.2 Å². The summed E-state index contributed by atoms with van der Waals surface area (Å²) in [6, 6.07) is 1.09. The van der Waals surface area contributed by atoms with Crippen molar-refractivity contribution in [1.82, 2.24) is 4.98 Å². The quantitative estimate of drug-likeness (QED) is 0.331. The van der Waals surface area contributed by atoms with E-state index in [1.165, 1.54) is 0 Å². The minimum absolute atomic E-state index is 0.0513. The van der Waals surface area contributed by atoms with Crippen molar-refractivity contribution in [3.8, 4) is 0 Å². The second-order valence-corrected chi connectivity index (χ2v) is 4.83. The van der Waals surface area contributed by atoms with Crippen molar-refractivity contribution < 1.29 is 22.0 Å². The van der Waals surface area contributed by atoms with Crippen molar-refractivity contribution in [2.24, 2.45) is 0 Å². The summed E-state index contributed by atoms with van der Waals surface area (Å²) < 4.78 is 66.0. The number of anilines is 2. The fourth-order valence-corrected chi connectivity index (χ4v) is 1.91. The van der Waals surface area contributed by atoms with E-state index in [1.54, 1.807) is 0 Å². The van der Waals surface area contributed by atoms with Gasteiger partial charge in [0, 0.05) is 0 Å². The topological polar surface area (TPSA) is 24.9 Å². The third kappa shape index (κ3) is 2.86. The van der Waals surface area contributed by atoms with Crippen LogP contribution >= 0.6 is 34.8 Å². The number of aromatic nitrogens is 1. The fraction of sp³-hybridized carbons (Fsp3) is 0. The second kappa shape index (κ2) is 5.82. The van der Waals surface area contributed by atoms with Crippen LogP contribution in [-0.2, 0) is 0 Å². The van der Waals surface area contributed by atoms with Gasteiger partial charge in [-0.25, -0.2) is 26.9 Å². The standard InChI is InChI=1S/C11H2Cl3F5N2/c12-2-1-3(13)11(21-10(2)14)20-9-7(18)5(16)4(15)6(17)8(9)19/h1H,(H,20,21). The van der Waals surface area contributed by atoms with E-state index >= 15 is 0 Å². The number of nitrogens with zero attached hydrogens (tertiary/aromatic N) is 1. The normalized spacial score (nSPS) is 10.9. The molecule has 0 spiro atoms. The molecule has 0 saturated heterocycles. The maximum Gasteiger partial charge on any atom is 0.200 e. The summed E-state index contributed by atoms with van der Waals surface area (Å²) in [7, 11) is 0. The van der Waals surface area contributed by atoms with Crippen LogP contribution in [0.1, 0.15) is 0 Å². The molecular weight excluding hydrogens is 361 g/mol. The maximum atomic E-state index is 13.5. The van der Waals surface area contributed by atoms with Crippen LogP contribution in [0.15, 0.2) is 6.07 Å². The van der Waals surface area contributed by atoms with Crippen molar-refractivity contribution >= 4 is 46.3 Å². The summed E-state index contributed by atoms with van der Waals surface area (Å²) in [5.74, 6) is -11.0. The molecule has 0 saturated carbocycles. The van der Waals surface area contributed by atoms with Gasteiger partial charge in [0.2, 0.25) is 5.82 Å². The van der Waals surface area contributed by atoms with Gasteiger partial charge >= 0.3 is 0 Å². The van der Waals surface area contributed by atoms with Gasteiger partial charge in [0.25, 0.3) is 0 Å². The Morgan fingerprint density at radius 3 is 1.76 bits per heavy atom. The molecule has 0 unspecified atom stereocenters. The molecule has 0 aliphatic carbocycles. The Morgan fingerprint density at radius 1 is 0.762 bits per heavy atom. The predicted octanol–water partition coefficient (Wildman–Crippen LogP) is 5.48. The number of halogens is 8. The van der Waals surface area contributed by atoms with Gasteiger partial charge in [-0.1, -0.05) is 34.8 Å². The lowest BCUT2D eigenvalue weighted by Gasteiger charge is -2.12. The van der Waals surface area contributed by atoms with Crippen LogP contribution < -0.4 is 5.32 Å². The third-order valence-corrected chi connectivity index (χ3v) is 3.30. The van der Waals surface area contributed by atoms with Crippen molar-refractivity contribution in [2.45, 2.75) is 0 Å². The van der Waals surface area contributed by atoms with Gasteiger partial charge in [-0.15, -0.1) is 0 Å². The van der Waals surface area contributed by atoms with Crippen LogP contribution in [-0.4, -0.2) is 4.98 Å². The van der Waals surface area contributed by atoms with E-state index in [1.807, 2.05) is 5.32 Å². The monoisotopic (exact) mass is 362 g/mol. The molecule has 2 aromatic rings. The Hall–Kier alpha value is -1.31. The number of pyridine rings is 1. The molecule has 1 heterocycles. The Morgan fingerprint density at radius 2 is 1.24 bits per heavy atom. The second-order valence-electron chi connectivity index (χ2n) is 3.66. The molecule has 0 atom stereocenters. The van der Waals surface area contributed by atoms with E-state index < -0.39 is 40.6 Å². The smallest absolute Gasteiger partial charge is 0.200 e. The van der Waals surface area contributed by atoms with Crippen LogP contribution in [0.3, 0.4) is 0 Å². The highest BCUT2D eigenvalue weighted by Gasteiger charge is 2.26. The molecule has 10 heteroatoms. The molecular formula is C11H2Cl3F5N2. The lowest BCUT2D eigenvalue weighted by molar-refractivity contribution is 0.382. The predicted molar refractivity (Wildman–Crippen MR) is 68.8 cm³/mol. The summed E-state index contributed by atoms with van der Waals surface area (Å²) in [6.07, 6.45) is 0. The average molecular weight is 364 g/mol. The molecule has 1 aromatic heterocycles. The zero-order valence-electron chi connectivity index (χ0n) is 9.55. The molecule has 0 amide bonds. The van der Waals surface area contributed by atoms with Gasteiger partial charge < -0.3 is 5.32 Å². The lowest BCUT2D eigenvalue weighted by Crippen LogP contribution is -2.08. The first-order chi connectivity index (χ1) is 9.73. The maximum absolute atomic E-state index is 13.5. The molecule has 21 heavy (non-hydrogen) atoms. The summed E-state index contributed by atoms with van der Waals surface area (Å²) in [5, 5.41) is 1.35. The zero-order valence-corrected chi connectivity index (χ0v) is 11.8. The molecule has 1 aromatic carbocycles. The lowest BCUT2D eigenvalue weighted by atomic mass is 10.2. The molecule has 0 radical (unpaired) electrons. The summed E-state index contributed by atoms with van der Waals surface area (Å²) in [6.45, 7) is 0. The largest absolute Gasteiger partial charge is 0.334 e. The average Bonchev–Trinajstić information content (AvgIpc) is 2.44. The highest BCUT2D eigenvalue weighted by molar-refractivity contribution is 6.43. The number of benzene rings is 1. The summed E-state index contributed by atoms with van der Waals surface area (Å²) in [5.41, 5.74) is -1.31. The molecule has 2 rings (SSSR count). The molecule has 0 bridgehead atoms. The van der Waals surface area contributed by atoms with Gasteiger partial charge in [0.05, 0.1) is 10.0 Å². The van der Waals surface area contributed by atoms with Crippen molar-refractivity contribution in [2.75, 3.05) is 5.32 Å². The van der Waals surface area contributed by atoms with E-state index in [0.29, 0.717) is 0 Å². The van der Waals surface area contributed by atoms with Crippen LogP contribution in [0.4, 0.5) is 33.5 Å². The minimum Gasteiger partial charge on any atom is -0.334 e. The van der Waals surface area contributed by atoms with Gasteiger partial charge in [-0.2, -0.15) is 0 Å². The van der Waals surface area contributed by atoms with Gasteiger partial charge in [0.1, 0.15) is 10.8 Å². The Labute approximate surface area is 129 Å². The highest BCUT2D eigenvalue weighted by atomic mass is 35.5. The van der Waals surface area contributed by atoms with E-state index in [-0.39, 0.29) is 15.2 Å². The Kier molecular flexibility index (Phi) is 4.46. The van der Waals surface area contributed by atoms with Crippen molar-refractivity contribution in [3.05, 3.63) is 50.4 Å². The van der Waals surface area contributed by atoms with Gasteiger partial charge in [-0.05, 0) is 6.07 Å². The Balaban J connectivity index is 2.58. The molecule has 1 N–H and O–H groups in total. The number of rotatable bonds is 2. The minimum atomic E-state index is -2.27. The number of hydrogen-bond acceptors (Lipinski definition) is 2. The molecule has 0 fully saturated rings. The van der Waals surface area contributed by atoms with Crippen molar-refractivity contribution in [3.63, 3.8) is 0 Å². The highest BCUT2D eigenvalue weighted by Crippen LogP contribution is 2.34. The van der Waals surface area contributed by atoms with Gasteiger partial charge in [0.15, 0.2) is 29.1 Å². The SMILES string of the molecule is Fc1c(F)c(F)c(Nc2nc(Cl)c(Cl)cc2Cl)c(F)c1F. The number of hydrogen-bond donors (Lipinski definition) is 1. The molecule has 0 aliphatic heterocycles. The number of nitrogens with one attached hydrogen (secondary N) is 1. The molecule has 112 valence electrons. The molecule has 0 aliphatic rings. The zero-order chi connectivity index (χ0) is 15.9. The van der Waals surface area contributed by atoms with Gasteiger partial charge in [-0.3, -0.25) is 0 Å². The van der Waals surface area contributed by atoms with Crippen molar-refractivity contribution in [1.29, 1.82) is 0 Å². The fourth-order valence-electron chi connectivity index (χ4n) is 1.36. The summed E-state index contributed by atoms with van der Waals surface area (Å²) >= 11 is 16.9. The van der Waals surface area contributed by atoms with Crippen LogP contribution in [0, 0.1) is 29.1 Å². The summed E-state index contributed by atoms with van der Waals surface area (Å²) in [4.78, 5) is 3.55.